The minimum atomic E-state index is -3.68. The van der Waals surface area contributed by atoms with Gasteiger partial charge >= 0.3 is 0 Å². The van der Waals surface area contributed by atoms with E-state index in [1.807, 2.05) is 31.2 Å². The van der Waals surface area contributed by atoms with Crippen LogP contribution in [0, 0.1) is 6.92 Å². The zero-order valence-corrected chi connectivity index (χ0v) is 11.2. The average Bonchev–Trinajstić information content (AvgIpc) is 2.28. The van der Waals surface area contributed by atoms with Gasteiger partial charge in [-0.05, 0) is 48.9 Å². The van der Waals surface area contributed by atoms with Crippen LogP contribution in [0.15, 0.2) is 53.4 Å². The second-order valence-electron chi connectivity index (χ2n) is 3.83. The maximum Gasteiger partial charge on any atom is 0.261 e. The molecule has 0 aromatic heterocycles. The largest absolute Gasteiger partial charge is 0.457 e. The molecule has 94 valence electrons. The lowest BCUT2D eigenvalue weighted by molar-refractivity contribution is 0.482. The molecule has 0 aliphatic carbocycles. The third-order valence-corrected chi connectivity index (χ3v) is 3.70. The van der Waals surface area contributed by atoms with Crippen molar-refractivity contribution < 1.29 is 13.2 Å². The van der Waals surface area contributed by atoms with E-state index >= 15 is 0 Å². The highest BCUT2D eigenvalue weighted by atomic mass is 35.7. The topological polar surface area (TPSA) is 43.4 Å². The summed E-state index contributed by atoms with van der Waals surface area (Å²) in [5.41, 5.74) is 1.09. The van der Waals surface area contributed by atoms with Crippen LogP contribution < -0.4 is 4.74 Å². The zero-order valence-electron chi connectivity index (χ0n) is 9.63. The van der Waals surface area contributed by atoms with Crippen LogP contribution in [0.3, 0.4) is 0 Å². The van der Waals surface area contributed by atoms with Gasteiger partial charge in [-0.15, -0.1) is 0 Å². The lowest BCUT2D eigenvalue weighted by Gasteiger charge is -2.06. The van der Waals surface area contributed by atoms with Gasteiger partial charge in [0.2, 0.25) is 0 Å². The smallest absolute Gasteiger partial charge is 0.261 e. The molecule has 0 heterocycles. The number of hydrogen-bond acceptors (Lipinski definition) is 3. The van der Waals surface area contributed by atoms with Crippen molar-refractivity contribution in [3.05, 3.63) is 54.1 Å². The van der Waals surface area contributed by atoms with Crippen LogP contribution in [0.2, 0.25) is 0 Å². The van der Waals surface area contributed by atoms with Crippen molar-refractivity contribution in [2.75, 3.05) is 0 Å². The molecule has 0 unspecified atom stereocenters. The summed E-state index contributed by atoms with van der Waals surface area (Å²) in [5, 5.41) is 0. The minimum Gasteiger partial charge on any atom is -0.457 e. The van der Waals surface area contributed by atoms with Crippen molar-refractivity contribution in [3.63, 3.8) is 0 Å². The van der Waals surface area contributed by atoms with Gasteiger partial charge in [-0.25, -0.2) is 8.42 Å². The monoisotopic (exact) mass is 282 g/mol. The fraction of sp³-hybridized carbons (Fsp3) is 0.0769. The molecule has 0 bridgehead atoms. The summed E-state index contributed by atoms with van der Waals surface area (Å²) in [7, 11) is 1.54. The molecule has 0 radical (unpaired) electrons. The van der Waals surface area contributed by atoms with Crippen molar-refractivity contribution in [1.29, 1.82) is 0 Å². The van der Waals surface area contributed by atoms with E-state index in [-0.39, 0.29) is 4.90 Å². The Morgan fingerprint density at radius 3 is 2.22 bits per heavy atom. The molecule has 0 amide bonds. The van der Waals surface area contributed by atoms with Crippen LogP contribution in [0.4, 0.5) is 0 Å². The first kappa shape index (κ1) is 12.9. The number of ether oxygens (including phenoxy) is 1. The summed E-state index contributed by atoms with van der Waals surface area (Å²) in [6, 6.07) is 13.5. The van der Waals surface area contributed by atoms with Crippen molar-refractivity contribution in [1.82, 2.24) is 0 Å². The van der Waals surface area contributed by atoms with Gasteiger partial charge < -0.3 is 4.74 Å². The number of rotatable bonds is 3. The molecule has 3 nitrogen and oxygen atoms in total. The van der Waals surface area contributed by atoms with Crippen molar-refractivity contribution >= 4 is 19.7 Å². The third-order valence-electron chi connectivity index (χ3n) is 2.33. The molecule has 0 spiro atoms. The SMILES string of the molecule is Cc1cccc(Oc2ccc(S(=O)(=O)Cl)cc2)c1. The Labute approximate surface area is 110 Å². The molecule has 2 aromatic carbocycles. The molecule has 0 fully saturated rings. The molecule has 2 rings (SSSR count). The quantitative estimate of drug-likeness (QED) is 0.806. The number of hydrogen-bond donors (Lipinski definition) is 0. The van der Waals surface area contributed by atoms with E-state index < -0.39 is 9.05 Å². The van der Waals surface area contributed by atoms with Crippen LogP contribution in [0.25, 0.3) is 0 Å². The van der Waals surface area contributed by atoms with Gasteiger partial charge in [0.05, 0.1) is 4.90 Å². The summed E-state index contributed by atoms with van der Waals surface area (Å²) >= 11 is 0. The maximum absolute atomic E-state index is 11.1. The standard InChI is InChI=1S/C13H11ClO3S/c1-10-3-2-4-12(9-10)17-11-5-7-13(8-6-11)18(14,15)16/h2-9H,1H3. The number of halogens is 1. The lowest BCUT2D eigenvalue weighted by Crippen LogP contribution is -1.90. The van der Waals surface area contributed by atoms with Crippen LogP contribution in [0.1, 0.15) is 5.56 Å². The van der Waals surface area contributed by atoms with E-state index in [1.165, 1.54) is 12.1 Å². The summed E-state index contributed by atoms with van der Waals surface area (Å²) < 4.78 is 27.7. The van der Waals surface area contributed by atoms with Gasteiger partial charge in [-0.2, -0.15) is 0 Å². The molecule has 0 aliphatic rings. The highest BCUT2D eigenvalue weighted by molar-refractivity contribution is 8.13. The first-order valence-corrected chi connectivity index (χ1v) is 7.55. The lowest BCUT2D eigenvalue weighted by atomic mass is 10.2. The summed E-state index contributed by atoms with van der Waals surface area (Å²) in [6.07, 6.45) is 0. The van der Waals surface area contributed by atoms with Gasteiger partial charge in [-0.3, -0.25) is 0 Å². The molecular weight excluding hydrogens is 272 g/mol. The second-order valence-corrected chi connectivity index (χ2v) is 6.39. The Bertz CT molecular complexity index is 648. The summed E-state index contributed by atoms with van der Waals surface area (Å²) in [5.74, 6) is 1.26. The highest BCUT2D eigenvalue weighted by Gasteiger charge is 2.09. The summed E-state index contributed by atoms with van der Waals surface area (Å²) in [4.78, 5) is 0.0563. The zero-order chi connectivity index (χ0) is 13.2. The Morgan fingerprint density at radius 1 is 1.00 bits per heavy atom. The second kappa shape index (κ2) is 5.00. The van der Waals surface area contributed by atoms with Gasteiger partial charge in [0, 0.05) is 10.7 Å². The van der Waals surface area contributed by atoms with Gasteiger partial charge in [0.1, 0.15) is 11.5 Å². The molecule has 0 saturated carbocycles. The number of aryl methyl sites for hydroxylation is 1. The molecule has 0 aliphatic heterocycles. The van der Waals surface area contributed by atoms with E-state index in [4.69, 9.17) is 15.4 Å². The van der Waals surface area contributed by atoms with Crippen LogP contribution in [-0.2, 0) is 9.05 Å². The predicted octanol–water partition coefficient (Wildman–Crippen LogP) is 3.71. The molecule has 18 heavy (non-hydrogen) atoms. The van der Waals surface area contributed by atoms with Crippen LogP contribution >= 0.6 is 10.7 Å². The Hall–Kier alpha value is -1.52. The highest BCUT2D eigenvalue weighted by Crippen LogP contribution is 2.24. The van der Waals surface area contributed by atoms with Crippen LogP contribution in [0.5, 0.6) is 11.5 Å². The molecular formula is C13H11ClO3S. The van der Waals surface area contributed by atoms with E-state index in [2.05, 4.69) is 0 Å². The summed E-state index contributed by atoms with van der Waals surface area (Å²) in [6.45, 7) is 1.97. The molecule has 0 N–H and O–H groups in total. The van der Waals surface area contributed by atoms with E-state index in [0.29, 0.717) is 11.5 Å². The van der Waals surface area contributed by atoms with E-state index in [0.717, 1.165) is 5.56 Å². The third kappa shape index (κ3) is 3.24. The van der Waals surface area contributed by atoms with E-state index in [1.54, 1.807) is 12.1 Å². The molecule has 5 heteroatoms. The first-order valence-electron chi connectivity index (χ1n) is 5.24. The predicted molar refractivity (Wildman–Crippen MR) is 70.7 cm³/mol. The Kier molecular flexibility index (Phi) is 3.59. The normalized spacial score (nSPS) is 11.2. The molecule has 0 saturated heterocycles. The van der Waals surface area contributed by atoms with Crippen molar-refractivity contribution in [3.8, 4) is 11.5 Å². The van der Waals surface area contributed by atoms with Gasteiger partial charge in [0.25, 0.3) is 9.05 Å². The molecule has 2 aromatic rings. The van der Waals surface area contributed by atoms with Gasteiger partial charge in [-0.1, -0.05) is 12.1 Å². The maximum atomic E-state index is 11.1. The van der Waals surface area contributed by atoms with Crippen LogP contribution in [-0.4, -0.2) is 8.42 Å². The van der Waals surface area contributed by atoms with Gasteiger partial charge in [0.15, 0.2) is 0 Å². The first-order chi connectivity index (χ1) is 8.45. The molecule has 0 atom stereocenters. The minimum absolute atomic E-state index is 0.0563. The fourth-order valence-electron chi connectivity index (χ4n) is 1.49. The average molecular weight is 283 g/mol. The number of benzene rings is 2. The van der Waals surface area contributed by atoms with Crippen molar-refractivity contribution in [2.24, 2.45) is 0 Å². The Morgan fingerprint density at radius 2 is 1.67 bits per heavy atom. The van der Waals surface area contributed by atoms with Crippen molar-refractivity contribution in [2.45, 2.75) is 11.8 Å². The Balaban J connectivity index is 2.21. The fourth-order valence-corrected chi connectivity index (χ4v) is 2.25. The van der Waals surface area contributed by atoms with E-state index in [9.17, 15) is 8.42 Å².